The number of hydrogen-bond acceptors (Lipinski definition) is 3. The molecule has 1 aliphatic rings. The number of carbonyl (C=O) groups is 2. The van der Waals surface area contributed by atoms with Gasteiger partial charge in [-0.25, -0.2) is 4.79 Å². The zero-order chi connectivity index (χ0) is 13.1. The molecule has 1 aromatic carbocycles. The number of carboxylic acids is 1. The highest BCUT2D eigenvalue weighted by atomic mass is 16.4. The highest BCUT2D eigenvalue weighted by molar-refractivity contribution is 5.94. The number of nitrogens with two attached hydrogens (primary N) is 1. The van der Waals surface area contributed by atoms with Gasteiger partial charge in [0, 0.05) is 11.7 Å². The van der Waals surface area contributed by atoms with Crippen LogP contribution in [0.3, 0.4) is 0 Å². The molecule has 1 aliphatic carbocycles. The summed E-state index contributed by atoms with van der Waals surface area (Å²) in [5.74, 6) is -1.20. The molecule has 0 spiro atoms. The lowest BCUT2D eigenvalue weighted by Gasteiger charge is -2.15. The van der Waals surface area contributed by atoms with Crippen molar-refractivity contribution in [2.24, 2.45) is 11.7 Å². The van der Waals surface area contributed by atoms with Crippen LogP contribution in [0.15, 0.2) is 24.3 Å². The second kappa shape index (κ2) is 5.18. The predicted molar refractivity (Wildman–Crippen MR) is 67.3 cm³/mol. The lowest BCUT2D eigenvalue weighted by atomic mass is 10.0. The molecular weight excluding hydrogens is 232 g/mol. The van der Waals surface area contributed by atoms with Crippen LogP contribution in [-0.2, 0) is 4.79 Å². The molecule has 0 radical (unpaired) electrons. The van der Waals surface area contributed by atoms with Crippen molar-refractivity contribution >= 4 is 17.6 Å². The van der Waals surface area contributed by atoms with Gasteiger partial charge in [0.1, 0.15) is 0 Å². The summed E-state index contributed by atoms with van der Waals surface area (Å²) in [6.45, 7) is 0. The average molecular weight is 248 g/mol. The first-order valence-corrected chi connectivity index (χ1v) is 5.98. The van der Waals surface area contributed by atoms with E-state index in [1.165, 1.54) is 12.1 Å². The van der Waals surface area contributed by atoms with Crippen molar-refractivity contribution in [3.8, 4) is 0 Å². The second-order valence-corrected chi connectivity index (χ2v) is 4.57. The highest BCUT2D eigenvalue weighted by Crippen LogP contribution is 2.25. The van der Waals surface area contributed by atoms with Crippen molar-refractivity contribution in [2.45, 2.75) is 25.3 Å². The molecule has 18 heavy (non-hydrogen) atoms. The SMILES string of the molecule is NC1CCCC1C(=O)Nc1ccc(C(=O)O)cc1. The lowest BCUT2D eigenvalue weighted by Crippen LogP contribution is -2.34. The van der Waals surface area contributed by atoms with Gasteiger partial charge in [-0.3, -0.25) is 4.79 Å². The molecule has 2 unspecified atom stereocenters. The second-order valence-electron chi connectivity index (χ2n) is 4.57. The van der Waals surface area contributed by atoms with Gasteiger partial charge in [-0.15, -0.1) is 0 Å². The number of anilines is 1. The molecule has 0 aliphatic heterocycles. The molecule has 5 nitrogen and oxygen atoms in total. The topological polar surface area (TPSA) is 92.4 Å². The maximum Gasteiger partial charge on any atom is 0.335 e. The predicted octanol–water partition coefficient (Wildman–Crippen LogP) is 1.45. The summed E-state index contributed by atoms with van der Waals surface area (Å²) in [5, 5.41) is 11.5. The Balaban J connectivity index is 2.00. The van der Waals surface area contributed by atoms with E-state index in [2.05, 4.69) is 5.32 Å². The van der Waals surface area contributed by atoms with Gasteiger partial charge in [-0.05, 0) is 37.1 Å². The van der Waals surface area contributed by atoms with Crippen LogP contribution in [0.25, 0.3) is 0 Å². The van der Waals surface area contributed by atoms with E-state index in [1.54, 1.807) is 12.1 Å². The van der Waals surface area contributed by atoms with Gasteiger partial charge in [-0.1, -0.05) is 6.42 Å². The Morgan fingerprint density at radius 2 is 1.89 bits per heavy atom. The highest BCUT2D eigenvalue weighted by Gasteiger charge is 2.30. The van der Waals surface area contributed by atoms with E-state index in [4.69, 9.17) is 10.8 Å². The molecule has 5 heteroatoms. The van der Waals surface area contributed by atoms with Crippen LogP contribution < -0.4 is 11.1 Å². The van der Waals surface area contributed by atoms with Crippen LogP contribution in [0.2, 0.25) is 0 Å². The van der Waals surface area contributed by atoms with E-state index >= 15 is 0 Å². The van der Waals surface area contributed by atoms with Gasteiger partial charge in [0.15, 0.2) is 0 Å². The van der Waals surface area contributed by atoms with Gasteiger partial charge in [0.2, 0.25) is 5.91 Å². The maximum absolute atomic E-state index is 11.9. The normalized spacial score (nSPS) is 22.7. The minimum absolute atomic E-state index is 0.0664. The Kier molecular flexibility index (Phi) is 3.62. The molecule has 1 amide bonds. The van der Waals surface area contributed by atoms with E-state index in [0.717, 1.165) is 19.3 Å². The molecule has 4 N–H and O–H groups in total. The molecule has 96 valence electrons. The number of aromatic carboxylic acids is 1. The van der Waals surface area contributed by atoms with Crippen molar-refractivity contribution in [1.29, 1.82) is 0 Å². The van der Waals surface area contributed by atoms with Gasteiger partial charge in [0.25, 0.3) is 0 Å². The van der Waals surface area contributed by atoms with E-state index in [9.17, 15) is 9.59 Å². The summed E-state index contributed by atoms with van der Waals surface area (Å²) in [6, 6.07) is 6.03. The maximum atomic E-state index is 11.9. The number of nitrogens with one attached hydrogen (secondary N) is 1. The first kappa shape index (κ1) is 12.6. The molecule has 1 saturated carbocycles. The fourth-order valence-corrected chi connectivity index (χ4v) is 2.25. The Labute approximate surface area is 105 Å². The minimum Gasteiger partial charge on any atom is -0.478 e. The first-order chi connectivity index (χ1) is 8.58. The number of carbonyl (C=O) groups excluding carboxylic acids is 1. The van der Waals surface area contributed by atoms with Crippen LogP contribution >= 0.6 is 0 Å². The number of carboxylic acid groups (broad SMARTS) is 1. The largest absolute Gasteiger partial charge is 0.478 e. The van der Waals surface area contributed by atoms with Crippen molar-refractivity contribution in [2.75, 3.05) is 5.32 Å². The summed E-state index contributed by atoms with van der Waals surface area (Å²) in [5.41, 5.74) is 6.66. The number of hydrogen-bond donors (Lipinski definition) is 3. The zero-order valence-electron chi connectivity index (χ0n) is 9.93. The van der Waals surface area contributed by atoms with Gasteiger partial charge < -0.3 is 16.2 Å². The van der Waals surface area contributed by atoms with Crippen LogP contribution in [0, 0.1) is 5.92 Å². The third-order valence-electron chi connectivity index (χ3n) is 3.31. The summed E-state index contributed by atoms with van der Waals surface area (Å²) in [4.78, 5) is 22.6. The Bertz CT molecular complexity index is 456. The smallest absolute Gasteiger partial charge is 0.335 e. The molecule has 1 aromatic rings. The Morgan fingerprint density at radius 1 is 1.22 bits per heavy atom. The van der Waals surface area contributed by atoms with E-state index < -0.39 is 5.97 Å². The standard InChI is InChI=1S/C13H16N2O3/c14-11-3-1-2-10(11)12(16)15-9-6-4-8(5-7-9)13(17)18/h4-7,10-11H,1-3,14H2,(H,15,16)(H,17,18). The minimum atomic E-state index is -0.981. The number of benzene rings is 1. The Morgan fingerprint density at radius 3 is 2.39 bits per heavy atom. The third kappa shape index (κ3) is 2.68. The van der Waals surface area contributed by atoms with Crippen molar-refractivity contribution in [3.63, 3.8) is 0 Å². The lowest BCUT2D eigenvalue weighted by molar-refractivity contribution is -0.120. The molecule has 0 heterocycles. The van der Waals surface area contributed by atoms with Crippen LogP contribution in [0.5, 0.6) is 0 Å². The summed E-state index contributed by atoms with van der Waals surface area (Å²) >= 11 is 0. The van der Waals surface area contributed by atoms with E-state index in [-0.39, 0.29) is 23.4 Å². The zero-order valence-corrected chi connectivity index (χ0v) is 9.93. The average Bonchev–Trinajstić information content (AvgIpc) is 2.76. The fraction of sp³-hybridized carbons (Fsp3) is 0.385. The quantitative estimate of drug-likeness (QED) is 0.754. The van der Waals surface area contributed by atoms with Gasteiger partial charge >= 0.3 is 5.97 Å². The van der Waals surface area contributed by atoms with Gasteiger partial charge in [0.05, 0.1) is 11.5 Å². The number of amides is 1. The third-order valence-corrected chi connectivity index (χ3v) is 3.31. The molecular formula is C13H16N2O3. The Hall–Kier alpha value is -1.88. The van der Waals surface area contributed by atoms with Crippen molar-refractivity contribution in [1.82, 2.24) is 0 Å². The molecule has 1 fully saturated rings. The molecule has 0 saturated heterocycles. The summed E-state index contributed by atoms with van der Waals surface area (Å²) < 4.78 is 0. The van der Waals surface area contributed by atoms with Crippen molar-refractivity contribution < 1.29 is 14.7 Å². The van der Waals surface area contributed by atoms with Gasteiger partial charge in [-0.2, -0.15) is 0 Å². The van der Waals surface area contributed by atoms with Crippen molar-refractivity contribution in [3.05, 3.63) is 29.8 Å². The summed E-state index contributed by atoms with van der Waals surface area (Å²) in [6.07, 6.45) is 2.69. The molecule has 2 rings (SSSR count). The monoisotopic (exact) mass is 248 g/mol. The molecule has 0 bridgehead atoms. The first-order valence-electron chi connectivity index (χ1n) is 5.98. The van der Waals surface area contributed by atoms with Crippen LogP contribution in [-0.4, -0.2) is 23.0 Å². The van der Waals surface area contributed by atoms with Crippen LogP contribution in [0.1, 0.15) is 29.6 Å². The van der Waals surface area contributed by atoms with E-state index in [0.29, 0.717) is 5.69 Å². The van der Waals surface area contributed by atoms with Crippen LogP contribution in [0.4, 0.5) is 5.69 Å². The number of rotatable bonds is 3. The molecule has 0 aromatic heterocycles. The molecule has 2 atom stereocenters. The van der Waals surface area contributed by atoms with E-state index in [1.807, 2.05) is 0 Å². The summed E-state index contributed by atoms with van der Waals surface area (Å²) in [7, 11) is 0. The fourth-order valence-electron chi connectivity index (χ4n) is 2.25.